The van der Waals surface area contributed by atoms with Crippen molar-refractivity contribution in [3.63, 3.8) is 0 Å². The third kappa shape index (κ3) is 3.34. The fraction of sp³-hybridized carbons (Fsp3) is 0.867. The highest BCUT2D eigenvalue weighted by Crippen LogP contribution is 2.30. The molecule has 3 heteroatoms. The number of hydrogen-bond acceptors (Lipinski definition) is 3. The second kappa shape index (κ2) is 6.69. The zero-order chi connectivity index (χ0) is 13.0. The number of hydrogen-bond donors (Lipinski definition) is 1. The van der Waals surface area contributed by atoms with Gasteiger partial charge >= 0.3 is 0 Å². The van der Waals surface area contributed by atoms with Crippen molar-refractivity contribution < 1.29 is 0 Å². The zero-order valence-corrected chi connectivity index (χ0v) is 12.1. The lowest BCUT2D eigenvalue weighted by Crippen LogP contribution is -2.55. The van der Waals surface area contributed by atoms with Crippen LogP contribution in [0.15, 0.2) is 12.7 Å². The van der Waals surface area contributed by atoms with Crippen LogP contribution >= 0.6 is 0 Å². The molecule has 2 aliphatic rings. The van der Waals surface area contributed by atoms with Gasteiger partial charge in [-0.3, -0.25) is 4.90 Å². The van der Waals surface area contributed by atoms with E-state index in [-0.39, 0.29) is 0 Å². The Morgan fingerprint density at radius 1 is 1.39 bits per heavy atom. The summed E-state index contributed by atoms with van der Waals surface area (Å²) in [7, 11) is 2.31. The van der Waals surface area contributed by atoms with Crippen molar-refractivity contribution in [3.8, 4) is 0 Å². The highest BCUT2D eigenvalue weighted by atomic mass is 15.2. The van der Waals surface area contributed by atoms with E-state index in [1.807, 2.05) is 6.08 Å². The molecular weight excluding hydrogens is 222 g/mol. The number of nitrogens with zero attached hydrogens (tertiary/aromatic N) is 2. The summed E-state index contributed by atoms with van der Waals surface area (Å²) in [5.41, 5.74) is 0. The van der Waals surface area contributed by atoms with E-state index >= 15 is 0 Å². The number of rotatable bonds is 5. The monoisotopic (exact) mass is 251 g/mol. The van der Waals surface area contributed by atoms with Gasteiger partial charge < -0.3 is 10.2 Å². The topological polar surface area (TPSA) is 18.5 Å². The summed E-state index contributed by atoms with van der Waals surface area (Å²) >= 11 is 0. The third-order valence-electron chi connectivity index (χ3n) is 4.73. The Hall–Kier alpha value is -0.380. The van der Waals surface area contributed by atoms with Gasteiger partial charge in [-0.1, -0.05) is 6.08 Å². The molecule has 0 aromatic carbocycles. The molecule has 1 N–H and O–H groups in total. The average molecular weight is 251 g/mol. The predicted molar refractivity (Wildman–Crippen MR) is 77.9 cm³/mol. The van der Waals surface area contributed by atoms with Crippen molar-refractivity contribution in [2.45, 2.75) is 38.3 Å². The van der Waals surface area contributed by atoms with Gasteiger partial charge in [0.25, 0.3) is 0 Å². The fourth-order valence-corrected chi connectivity index (χ4v) is 3.60. The Bertz CT molecular complexity index is 266. The normalized spacial score (nSPS) is 31.9. The molecule has 0 aliphatic carbocycles. The zero-order valence-electron chi connectivity index (χ0n) is 12.1. The summed E-state index contributed by atoms with van der Waals surface area (Å²) in [5, 5.41) is 3.44. The second-order valence-corrected chi connectivity index (χ2v) is 6.03. The summed E-state index contributed by atoms with van der Waals surface area (Å²) in [6.07, 6.45) is 6.11. The molecule has 3 nitrogen and oxygen atoms in total. The first-order valence-electron chi connectivity index (χ1n) is 7.48. The van der Waals surface area contributed by atoms with Crippen molar-refractivity contribution in [1.82, 2.24) is 15.1 Å². The van der Waals surface area contributed by atoms with Gasteiger partial charge in [0.05, 0.1) is 0 Å². The van der Waals surface area contributed by atoms with Gasteiger partial charge in [0, 0.05) is 31.7 Å². The highest BCUT2D eigenvalue weighted by Gasteiger charge is 2.35. The molecule has 0 spiro atoms. The van der Waals surface area contributed by atoms with Crippen molar-refractivity contribution in [3.05, 3.63) is 12.7 Å². The minimum atomic E-state index is 0.651. The Labute approximate surface area is 112 Å². The lowest BCUT2D eigenvalue weighted by atomic mass is 9.84. The smallest absolute Gasteiger partial charge is 0.0192 e. The molecule has 0 bridgehead atoms. The van der Waals surface area contributed by atoms with Crippen LogP contribution in [0.4, 0.5) is 0 Å². The van der Waals surface area contributed by atoms with Crippen LogP contribution in [0.2, 0.25) is 0 Å². The van der Waals surface area contributed by atoms with Gasteiger partial charge in [-0.05, 0) is 52.2 Å². The first-order valence-corrected chi connectivity index (χ1v) is 7.48. The van der Waals surface area contributed by atoms with E-state index in [9.17, 15) is 0 Å². The molecule has 0 saturated carbocycles. The molecule has 2 rings (SSSR count). The molecule has 0 aromatic rings. The van der Waals surface area contributed by atoms with Gasteiger partial charge in [0.2, 0.25) is 0 Å². The molecule has 2 heterocycles. The third-order valence-corrected chi connectivity index (χ3v) is 4.73. The molecular formula is C15H29N3. The maximum absolute atomic E-state index is 3.75. The van der Waals surface area contributed by atoms with Crippen LogP contribution in [0, 0.1) is 5.92 Å². The summed E-state index contributed by atoms with van der Waals surface area (Å²) in [6, 6.07) is 1.50. The Kier molecular flexibility index (Phi) is 5.22. The molecule has 0 amide bonds. The van der Waals surface area contributed by atoms with Crippen molar-refractivity contribution in [2.24, 2.45) is 5.92 Å². The Balaban J connectivity index is 1.80. The number of nitrogens with one attached hydrogen (secondary N) is 1. The van der Waals surface area contributed by atoms with Gasteiger partial charge in [-0.2, -0.15) is 0 Å². The van der Waals surface area contributed by atoms with Gasteiger partial charge in [0.1, 0.15) is 0 Å². The number of fused-ring (bicyclic) bond motifs is 1. The maximum atomic E-state index is 3.75. The van der Waals surface area contributed by atoms with Crippen LogP contribution < -0.4 is 5.32 Å². The molecule has 3 atom stereocenters. The first-order chi connectivity index (χ1) is 8.72. The van der Waals surface area contributed by atoms with E-state index in [2.05, 4.69) is 35.7 Å². The van der Waals surface area contributed by atoms with E-state index in [0.717, 1.165) is 25.0 Å². The summed E-state index contributed by atoms with van der Waals surface area (Å²) in [5.74, 6) is 0.902. The van der Waals surface area contributed by atoms with Gasteiger partial charge in [-0.25, -0.2) is 0 Å². The van der Waals surface area contributed by atoms with Crippen LogP contribution in [-0.4, -0.2) is 61.7 Å². The Morgan fingerprint density at radius 2 is 2.22 bits per heavy atom. The molecule has 2 saturated heterocycles. The van der Waals surface area contributed by atoms with Gasteiger partial charge in [-0.15, -0.1) is 6.58 Å². The van der Waals surface area contributed by atoms with E-state index in [4.69, 9.17) is 0 Å². The molecule has 18 heavy (non-hydrogen) atoms. The number of piperidine rings is 2. The first kappa shape index (κ1) is 14.0. The van der Waals surface area contributed by atoms with Crippen molar-refractivity contribution in [2.75, 3.05) is 39.8 Å². The lowest BCUT2D eigenvalue weighted by Gasteiger charge is -2.47. The van der Waals surface area contributed by atoms with E-state index in [1.54, 1.807) is 0 Å². The largest absolute Gasteiger partial charge is 0.312 e. The lowest BCUT2D eigenvalue weighted by molar-refractivity contribution is 0.0235. The summed E-state index contributed by atoms with van der Waals surface area (Å²) < 4.78 is 0. The van der Waals surface area contributed by atoms with Gasteiger partial charge in [0.15, 0.2) is 0 Å². The van der Waals surface area contributed by atoms with E-state index in [1.165, 1.54) is 38.9 Å². The van der Waals surface area contributed by atoms with E-state index < -0.39 is 0 Å². The van der Waals surface area contributed by atoms with Crippen molar-refractivity contribution >= 4 is 0 Å². The molecule has 104 valence electrons. The van der Waals surface area contributed by atoms with Crippen LogP contribution in [0.3, 0.4) is 0 Å². The van der Waals surface area contributed by atoms with Crippen LogP contribution in [0.1, 0.15) is 26.2 Å². The van der Waals surface area contributed by atoms with Crippen LogP contribution in [0.25, 0.3) is 0 Å². The Morgan fingerprint density at radius 3 is 3.00 bits per heavy atom. The van der Waals surface area contributed by atoms with Crippen LogP contribution in [0.5, 0.6) is 0 Å². The average Bonchev–Trinajstić information content (AvgIpc) is 2.39. The quantitative estimate of drug-likeness (QED) is 0.591. The summed E-state index contributed by atoms with van der Waals surface area (Å²) in [6.45, 7) is 12.0. The second-order valence-electron chi connectivity index (χ2n) is 6.03. The fourth-order valence-electron chi connectivity index (χ4n) is 3.60. The predicted octanol–water partition coefficient (Wildman–Crippen LogP) is 1.57. The molecule has 2 fully saturated rings. The highest BCUT2D eigenvalue weighted by molar-refractivity contribution is 4.90. The van der Waals surface area contributed by atoms with E-state index in [0.29, 0.717) is 6.04 Å². The molecule has 2 aliphatic heterocycles. The SMILES string of the molecule is C=CCNCC(C)N1CCC2C(CCCN2C)C1. The summed E-state index contributed by atoms with van der Waals surface area (Å²) in [4.78, 5) is 5.27. The van der Waals surface area contributed by atoms with Crippen molar-refractivity contribution in [1.29, 1.82) is 0 Å². The van der Waals surface area contributed by atoms with Crippen LogP contribution in [-0.2, 0) is 0 Å². The standard InChI is InChI=1S/C15H29N3/c1-4-8-16-11-13(2)18-10-7-15-14(12-18)6-5-9-17(15)3/h4,13-16H,1,5-12H2,2-3H3. The molecule has 0 radical (unpaired) electrons. The number of likely N-dealkylation sites (tertiary alicyclic amines) is 2. The minimum absolute atomic E-state index is 0.651. The molecule has 0 aromatic heterocycles. The minimum Gasteiger partial charge on any atom is -0.312 e. The molecule has 3 unspecified atom stereocenters. The maximum Gasteiger partial charge on any atom is 0.0192 e.